The summed E-state index contributed by atoms with van der Waals surface area (Å²) < 4.78 is 11.1. The molecule has 1 saturated carbocycles. The molecule has 7 N–H and O–H groups in total. The Morgan fingerprint density at radius 2 is 1.57 bits per heavy atom. The number of hydrogen-bond donors (Lipinski definition) is 6. The van der Waals surface area contributed by atoms with Gasteiger partial charge in [-0.05, 0) is 70.8 Å². The van der Waals surface area contributed by atoms with Gasteiger partial charge in [-0.2, -0.15) is 0 Å². The quantitative estimate of drug-likeness (QED) is 0.0470. The van der Waals surface area contributed by atoms with Crippen molar-refractivity contribution in [2.45, 2.75) is 56.7 Å². The molecule has 0 bridgehead atoms. The Kier molecular flexibility index (Phi) is 12.9. The highest BCUT2D eigenvalue weighted by molar-refractivity contribution is 6.24. The summed E-state index contributed by atoms with van der Waals surface area (Å²) in [7, 11) is 6.41. The van der Waals surface area contributed by atoms with Gasteiger partial charge in [-0.25, -0.2) is 4.79 Å². The van der Waals surface area contributed by atoms with Gasteiger partial charge in [0, 0.05) is 42.4 Å². The van der Waals surface area contributed by atoms with Crippen molar-refractivity contribution in [2.24, 2.45) is 17.6 Å². The van der Waals surface area contributed by atoms with Gasteiger partial charge in [-0.1, -0.05) is 60.7 Å². The lowest BCUT2D eigenvalue weighted by molar-refractivity contribution is -0.153. The first-order chi connectivity index (χ1) is 29.6. The number of likely N-dealkylation sites (N-methyl/N-ethyl adjacent to an activating group) is 1. The summed E-state index contributed by atoms with van der Waals surface area (Å²) in [5.74, 6) is -9.66. The molecule has 6 rings (SSSR count). The number of nitrogens with zero attached hydrogens (tertiary/aromatic N) is 3. The van der Waals surface area contributed by atoms with Crippen LogP contribution in [0.3, 0.4) is 0 Å². The minimum Gasteiger partial charge on any atom is -0.508 e. The fourth-order valence-electron chi connectivity index (χ4n) is 8.84. The molecule has 3 amide bonds. The summed E-state index contributed by atoms with van der Waals surface area (Å²) in [4.78, 5) is 85.1. The molecule has 17 nitrogen and oxygen atoms in total. The predicted molar refractivity (Wildman–Crippen MR) is 231 cm³/mol. The molecule has 17 heteroatoms. The zero-order valence-electron chi connectivity index (χ0n) is 36.2. The van der Waals surface area contributed by atoms with Gasteiger partial charge >= 0.3 is 6.09 Å². The topological polar surface area (TPSA) is 250 Å². The molecule has 0 radical (unpaired) electrons. The molecule has 3 aromatic rings. The standard InChI is InChI=1S/C46H53N5O12/c1-45(2,3)51(44(60)63-23-62-22-28(24-14-10-8-11-15-24)37(53)25-16-12-9-13-17-25)21-32(52)48-30-20-31(49(4)5)27-18-26-19-29-36(50(6)7)40(56)35(43(47)59)42(58)46(29,61)41(57)33(26)39(55)34(27)38(30)54/h8-17,20,26,28-29,36,54-55,58,61H,18-19,21-23H2,1-7H3,(H2,47,59)(H,48,52)/t26-,28?,29-,36-,46-/m0/s1. The number of carbonyl (C=O) groups is 6. The highest BCUT2D eigenvalue weighted by Crippen LogP contribution is 2.54. The van der Waals surface area contributed by atoms with Gasteiger partial charge in [0.05, 0.1) is 29.8 Å². The van der Waals surface area contributed by atoms with Crippen LogP contribution in [-0.4, -0.2) is 131 Å². The number of carbonyl (C=O) groups excluding carboxylic acids is 6. The van der Waals surface area contributed by atoms with E-state index < -0.39 is 101 Å². The molecule has 0 spiro atoms. The van der Waals surface area contributed by atoms with Crippen molar-refractivity contribution in [3.8, 4) is 5.75 Å². The van der Waals surface area contributed by atoms with Crippen LogP contribution in [0, 0.1) is 11.8 Å². The minimum absolute atomic E-state index is 0.0298. The highest BCUT2D eigenvalue weighted by Gasteiger charge is 2.64. The molecule has 1 fully saturated rings. The fraction of sp³-hybridized carbons (Fsp3) is 0.391. The predicted octanol–water partition coefficient (Wildman–Crippen LogP) is 3.85. The number of nitrogens with two attached hydrogens (primary N) is 1. The zero-order chi connectivity index (χ0) is 46.3. The van der Waals surface area contributed by atoms with E-state index in [0.29, 0.717) is 22.4 Å². The van der Waals surface area contributed by atoms with Crippen molar-refractivity contribution in [1.29, 1.82) is 0 Å². The number of rotatable bonds is 13. The van der Waals surface area contributed by atoms with Crippen LogP contribution in [0.4, 0.5) is 16.2 Å². The van der Waals surface area contributed by atoms with Crippen LogP contribution in [0.5, 0.6) is 5.75 Å². The SMILES string of the molecule is CN(C)c1cc(NC(=O)CN(C(=O)OCOCC(C(=O)c2ccccc2)c2ccccc2)C(C)(C)C)c(O)c2c1C[C@H]1C[C@H]3[C@H](N(C)C)C(=O)C(C(N)=O)=C(O)[C@@]3(O)C(=O)C1=C2O. The summed E-state index contributed by atoms with van der Waals surface area (Å²) in [5, 5.41) is 49.4. The highest BCUT2D eigenvalue weighted by atomic mass is 16.7. The Labute approximate surface area is 364 Å². The number of aliphatic hydroxyl groups is 3. The zero-order valence-corrected chi connectivity index (χ0v) is 36.2. The molecule has 3 aliphatic carbocycles. The van der Waals surface area contributed by atoms with Crippen molar-refractivity contribution in [3.63, 3.8) is 0 Å². The Bertz CT molecular complexity index is 2410. The third-order valence-electron chi connectivity index (χ3n) is 11.9. The van der Waals surface area contributed by atoms with Gasteiger partial charge in [0.2, 0.25) is 11.7 Å². The van der Waals surface area contributed by atoms with E-state index in [0.717, 1.165) is 4.90 Å². The molecule has 3 aliphatic rings. The molecule has 3 aromatic carbocycles. The Balaban J connectivity index is 1.23. The largest absolute Gasteiger partial charge is 0.508 e. The van der Waals surface area contributed by atoms with Gasteiger partial charge in [-0.15, -0.1) is 0 Å². The van der Waals surface area contributed by atoms with Gasteiger partial charge in [0.1, 0.15) is 29.4 Å². The third kappa shape index (κ3) is 8.50. The number of aromatic hydroxyl groups is 1. The molecular formula is C46H53N5O12. The van der Waals surface area contributed by atoms with Gasteiger partial charge in [0.15, 0.2) is 24.0 Å². The number of hydrogen-bond acceptors (Lipinski definition) is 14. The van der Waals surface area contributed by atoms with Crippen LogP contribution >= 0.6 is 0 Å². The summed E-state index contributed by atoms with van der Waals surface area (Å²) in [6, 6.07) is 18.0. The van der Waals surface area contributed by atoms with Crippen LogP contribution in [0.25, 0.3) is 5.76 Å². The van der Waals surface area contributed by atoms with Crippen molar-refractivity contribution in [1.82, 2.24) is 9.80 Å². The van der Waals surface area contributed by atoms with E-state index in [-0.39, 0.29) is 42.1 Å². The second-order valence-electron chi connectivity index (χ2n) is 17.4. The fourth-order valence-corrected chi connectivity index (χ4v) is 8.84. The lowest BCUT2D eigenvalue weighted by Crippen LogP contribution is -2.65. The first-order valence-corrected chi connectivity index (χ1v) is 20.3. The van der Waals surface area contributed by atoms with Crippen LogP contribution in [0.1, 0.15) is 60.2 Å². The molecule has 0 heterocycles. The number of aliphatic hydroxyl groups excluding tert-OH is 2. The monoisotopic (exact) mass is 867 g/mol. The molecule has 334 valence electrons. The first kappa shape index (κ1) is 46.0. The minimum atomic E-state index is -2.82. The van der Waals surface area contributed by atoms with E-state index in [4.69, 9.17) is 15.2 Å². The summed E-state index contributed by atoms with van der Waals surface area (Å²) in [6.07, 6.45) is -0.978. The number of benzene rings is 3. The molecule has 63 heavy (non-hydrogen) atoms. The van der Waals surface area contributed by atoms with Gasteiger partial charge < -0.3 is 45.9 Å². The molecule has 1 unspecified atom stereocenters. The Morgan fingerprint density at radius 1 is 0.952 bits per heavy atom. The summed E-state index contributed by atoms with van der Waals surface area (Å²) in [5.41, 5.74) is 1.97. The maximum absolute atomic E-state index is 14.4. The third-order valence-corrected chi connectivity index (χ3v) is 11.9. The lowest BCUT2D eigenvalue weighted by atomic mass is 9.57. The van der Waals surface area contributed by atoms with E-state index in [2.05, 4.69) is 5.32 Å². The summed E-state index contributed by atoms with van der Waals surface area (Å²) in [6.45, 7) is 3.81. The number of ether oxygens (including phenoxy) is 2. The number of ketones is 3. The van der Waals surface area contributed by atoms with E-state index in [9.17, 15) is 49.2 Å². The number of amides is 3. The van der Waals surface area contributed by atoms with Crippen LogP contribution in [0.15, 0.2) is 83.6 Å². The maximum Gasteiger partial charge on any atom is 0.412 e. The number of fused-ring (bicyclic) bond motifs is 3. The van der Waals surface area contributed by atoms with E-state index in [1.807, 2.05) is 6.07 Å². The number of primary amides is 1. The smallest absolute Gasteiger partial charge is 0.412 e. The normalized spacial score (nSPS) is 21.3. The lowest BCUT2D eigenvalue weighted by Gasteiger charge is -2.50. The van der Waals surface area contributed by atoms with Gasteiger partial charge in [-0.3, -0.25) is 33.8 Å². The number of phenols is 1. The van der Waals surface area contributed by atoms with Gasteiger partial charge in [0.25, 0.3) is 5.91 Å². The van der Waals surface area contributed by atoms with Crippen molar-refractivity contribution in [3.05, 3.63) is 106 Å². The van der Waals surface area contributed by atoms with Crippen LogP contribution < -0.4 is 16.0 Å². The van der Waals surface area contributed by atoms with Crippen LogP contribution in [-0.2, 0) is 35.1 Å². The average Bonchev–Trinajstić information content (AvgIpc) is 3.21. The summed E-state index contributed by atoms with van der Waals surface area (Å²) >= 11 is 0. The van der Waals surface area contributed by atoms with Crippen LogP contribution in [0.2, 0.25) is 0 Å². The molecule has 0 aromatic heterocycles. The average molecular weight is 868 g/mol. The second kappa shape index (κ2) is 17.7. The van der Waals surface area contributed by atoms with Crippen molar-refractivity contribution < 1.29 is 58.7 Å². The number of Topliss-reactive ketones (excluding diaryl/α,β-unsaturated/α-hetero) is 3. The van der Waals surface area contributed by atoms with Crippen molar-refractivity contribution in [2.75, 3.05) is 58.4 Å². The number of nitrogens with one attached hydrogen (secondary N) is 1. The Hall–Kier alpha value is -6.56. The van der Waals surface area contributed by atoms with E-state index >= 15 is 0 Å². The number of phenolic OH excluding ortho intramolecular Hbond substituents is 1. The van der Waals surface area contributed by atoms with Crippen molar-refractivity contribution >= 4 is 52.4 Å². The molecular weight excluding hydrogens is 815 g/mol. The molecule has 0 aliphatic heterocycles. The Morgan fingerprint density at radius 3 is 2.14 bits per heavy atom. The van der Waals surface area contributed by atoms with E-state index in [1.165, 1.54) is 25.1 Å². The molecule has 5 atom stereocenters. The van der Waals surface area contributed by atoms with E-state index in [1.54, 1.807) is 94.4 Å². The maximum atomic E-state index is 14.4. The second-order valence-corrected chi connectivity index (χ2v) is 17.4. The number of anilines is 2. The molecule has 0 saturated heterocycles. The first-order valence-electron chi connectivity index (χ1n) is 20.3.